The van der Waals surface area contributed by atoms with Crippen molar-refractivity contribution in [2.24, 2.45) is 0 Å². The fourth-order valence-electron chi connectivity index (χ4n) is 2.33. The number of benzene rings is 1. The highest BCUT2D eigenvalue weighted by molar-refractivity contribution is 7.09. The molecule has 29 heavy (non-hydrogen) atoms. The van der Waals surface area contributed by atoms with E-state index in [-0.39, 0.29) is 23.7 Å². The van der Waals surface area contributed by atoms with E-state index in [9.17, 15) is 22.8 Å². The highest BCUT2D eigenvalue weighted by Gasteiger charge is 2.32. The summed E-state index contributed by atoms with van der Waals surface area (Å²) in [5.74, 6) is -0.665. The van der Waals surface area contributed by atoms with Crippen LogP contribution in [0.5, 0.6) is 0 Å². The number of ketones is 1. The lowest BCUT2D eigenvalue weighted by Crippen LogP contribution is -2.10. The van der Waals surface area contributed by atoms with Crippen LogP contribution in [-0.4, -0.2) is 31.7 Å². The molecule has 0 aliphatic carbocycles. The summed E-state index contributed by atoms with van der Waals surface area (Å²) in [6, 6.07) is 4.94. The lowest BCUT2D eigenvalue weighted by Gasteiger charge is -2.09. The van der Waals surface area contributed by atoms with Crippen molar-refractivity contribution in [2.75, 3.05) is 5.32 Å². The van der Waals surface area contributed by atoms with Crippen molar-refractivity contribution in [2.45, 2.75) is 19.6 Å². The zero-order valence-electron chi connectivity index (χ0n) is 15.0. The molecule has 1 N–H and O–H groups in total. The van der Waals surface area contributed by atoms with Crippen LogP contribution in [0.1, 0.15) is 33.5 Å². The molecule has 0 unspecified atom stereocenters. The van der Waals surface area contributed by atoms with E-state index in [2.05, 4.69) is 20.5 Å². The van der Waals surface area contributed by atoms with Crippen LogP contribution in [0.25, 0.3) is 6.08 Å². The molecule has 3 rings (SSSR count). The second-order valence-electron chi connectivity index (χ2n) is 5.85. The number of halogens is 3. The van der Waals surface area contributed by atoms with E-state index in [4.69, 9.17) is 0 Å². The number of carbonyl (C=O) groups is 2. The number of Topliss-reactive ketones (excluding diaryl/α,β-unsaturated/α-hetero) is 1. The van der Waals surface area contributed by atoms with Crippen LogP contribution in [0, 0.1) is 0 Å². The van der Waals surface area contributed by atoms with Crippen molar-refractivity contribution < 1.29 is 22.8 Å². The Bertz CT molecular complexity index is 1070. The van der Waals surface area contributed by atoms with Crippen molar-refractivity contribution in [1.82, 2.24) is 20.0 Å². The molecule has 7 nitrogen and oxygen atoms in total. The SMILES string of the molecule is CC(=O)c1csc(Cn2ncc(NC(=O)C=Cc3ccccc3C(F)(F)F)n2)n1. The van der Waals surface area contributed by atoms with Gasteiger partial charge in [-0.3, -0.25) is 9.59 Å². The van der Waals surface area contributed by atoms with Gasteiger partial charge >= 0.3 is 6.18 Å². The van der Waals surface area contributed by atoms with Crippen LogP contribution in [0.4, 0.5) is 19.0 Å². The van der Waals surface area contributed by atoms with Gasteiger partial charge in [0.2, 0.25) is 5.91 Å². The number of alkyl halides is 3. The van der Waals surface area contributed by atoms with Gasteiger partial charge in [-0.1, -0.05) is 18.2 Å². The molecule has 1 amide bonds. The molecular weight excluding hydrogens is 407 g/mol. The first kappa shape index (κ1) is 20.4. The summed E-state index contributed by atoms with van der Waals surface area (Å²) in [5, 5.41) is 12.7. The maximum atomic E-state index is 13.0. The summed E-state index contributed by atoms with van der Waals surface area (Å²) in [6.45, 7) is 1.63. The van der Waals surface area contributed by atoms with Crippen LogP contribution in [-0.2, 0) is 17.5 Å². The van der Waals surface area contributed by atoms with Crippen molar-refractivity contribution in [3.63, 3.8) is 0 Å². The molecule has 150 valence electrons. The molecule has 2 aromatic heterocycles. The Labute approximate surface area is 166 Å². The third-order valence-electron chi connectivity index (χ3n) is 3.66. The van der Waals surface area contributed by atoms with E-state index in [0.29, 0.717) is 10.7 Å². The van der Waals surface area contributed by atoms with Crippen molar-refractivity contribution in [3.8, 4) is 0 Å². The van der Waals surface area contributed by atoms with Gasteiger partial charge in [-0.15, -0.1) is 16.4 Å². The summed E-state index contributed by atoms with van der Waals surface area (Å²) in [4.78, 5) is 28.7. The number of rotatable bonds is 6. The second-order valence-corrected chi connectivity index (χ2v) is 6.79. The molecule has 0 saturated heterocycles. The fraction of sp³-hybridized carbons (Fsp3) is 0.167. The van der Waals surface area contributed by atoms with Gasteiger partial charge in [0.25, 0.3) is 0 Å². The van der Waals surface area contributed by atoms with Crippen LogP contribution < -0.4 is 5.32 Å². The number of amides is 1. The predicted molar refractivity (Wildman–Crippen MR) is 100 cm³/mol. The third-order valence-corrected chi connectivity index (χ3v) is 4.49. The first-order valence-electron chi connectivity index (χ1n) is 8.23. The number of thiazole rings is 1. The number of carbonyl (C=O) groups excluding carboxylic acids is 2. The molecule has 0 saturated carbocycles. The van der Waals surface area contributed by atoms with Crippen molar-refractivity contribution >= 4 is 34.9 Å². The van der Waals surface area contributed by atoms with Crippen molar-refractivity contribution in [1.29, 1.82) is 0 Å². The zero-order chi connectivity index (χ0) is 21.0. The summed E-state index contributed by atoms with van der Waals surface area (Å²) < 4.78 is 38.9. The average Bonchev–Trinajstić information content (AvgIpc) is 3.29. The molecule has 3 aromatic rings. The number of nitrogens with zero attached hydrogens (tertiary/aromatic N) is 4. The molecule has 0 aliphatic rings. The Kier molecular flexibility index (Phi) is 5.87. The van der Waals surface area contributed by atoms with Crippen molar-refractivity contribution in [3.05, 3.63) is 63.7 Å². The average molecular weight is 421 g/mol. The standard InChI is InChI=1S/C18H14F3N5O2S/c1-11(27)14-10-29-17(23-14)9-26-22-8-15(25-26)24-16(28)7-6-12-4-2-3-5-13(12)18(19,20)21/h2-8,10H,9H2,1H3,(H,24,25,28). The molecule has 2 heterocycles. The first-order valence-corrected chi connectivity index (χ1v) is 9.11. The predicted octanol–water partition coefficient (Wildman–Crippen LogP) is 3.66. The van der Waals surface area contributed by atoms with Gasteiger partial charge in [0.05, 0.1) is 11.8 Å². The molecule has 11 heteroatoms. The van der Waals surface area contributed by atoms with E-state index in [1.807, 2.05) is 0 Å². The Morgan fingerprint density at radius 1 is 1.28 bits per heavy atom. The van der Waals surface area contributed by atoms with Crippen LogP contribution in [0.2, 0.25) is 0 Å². The Morgan fingerprint density at radius 2 is 2.03 bits per heavy atom. The molecule has 0 radical (unpaired) electrons. The number of aromatic nitrogens is 4. The van der Waals surface area contributed by atoms with Gasteiger partial charge in [-0.25, -0.2) is 4.98 Å². The Balaban J connectivity index is 1.63. The number of hydrogen-bond donors (Lipinski definition) is 1. The van der Waals surface area contributed by atoms with E-state index in [1.54, 1.807) is 5.38 Å². The minimum absolute atomic E-state index is 0.121. The van der Waals surface area contributed by atoms with E-state index in [1.165, 1.54) is 47.5 Å². The number of hydrogen-bond acceptors (Lipinski definition) is 6. The largest absolute Gasteiger partial charge is 0.416 e. The van der Waals surface area contributed by atoms with Gasteiger partial charge in [-0.2, -0.15) is 23.1 Å². The Hall–Kier alpha value is -3.34. The summed E-state index contributed by atoms with van der Waals surface area (Å²) in [7, 11) is 0. The van der Waals surface area contributed by atoms with Crippen LogP contribution in [0.15, 0.2) is 41.9 Å². The highest BCUT2D eigenvalue weighted by Crippen LogP contribution is 2.32. The second kappa shape index (κ2) is 8.35. The minimum atomic E-state index is -4.52. The number of anilines is 1. The maximum absolute atomic E-state index is 13.0. The molecule has 0 fully saturated rings. The van der Waals surface area contributed by atoms with Gasteiger partial charge in [0, 0.05) is 18.4 Å². The Morgan fingerprint density at radius 3 is 2.72 bits per heavy atom. The fourth-order valence-corrected chi connectivity index (χ4v) is 3.14. The van der Waals surface area contributed by atoms with Gasteiger partial charge in [0.1, 0.15) is 17.2 Å². The van der Waals surface area contributed by atoms with Crippen LogP contribution >= 0.6 is 11.3 Å². The lowest BCUT2D eigenvalue weighted by atomic mass is 10.1. The van der Waals surface area contributed by atoms with Gasteiger partial charge in [-0.05, 0) is 17.7 Å². The monoisotopic (exact) mass is 421 g/mol. The molecule has 0 spiro atoms. The minimum Gasteiger partial charge on any atom is -0.304 e. The molecule has 0 aliphatic heterocycles. The van der Waals surface area contributed by atoms with Gasteiger partial charge < -0.3 is 5.32 Å². The smallest absolute Gasteiger partial charge is 0.304 e. The molecule has 0 bridgehead atoms. The highest BCUT2D eigenvalue weighted by atomic mass is 32.1. The summed E-state index contributed by atoms with van der Waals surface area (Å²) in [5.41, 5.74) is -0.595. The van der Waals surface area contributed by atoms with Gasteiger partial charge in [0.15, 0.2) is 11.6 Å². The number of nitrogens with one attached hydrogen (secondary N) is 1. The van der Waals surface area contributed by atoms with E-state index in [0.717, 1.165) is 18.2 Å². The third kappa shape index (κ3) is 5.35. The maximum Gasteiger partial charge on any atom is 0.416 e. The first-order chi connectivity index (χ1) is 13.7. The lowest BCUT2D eigenvalue weighted by molar-refractivity contribution is -0.137. The summed E-state index contributed by atoms with van der Waals surface area (Å²) in [6.07, 6.45) is -1.14. The topological polar surface area (TPSA) is 89.8 Å². The molecular formula is C18H14F3N5O2S. The van der Waals surface area contributed by atoms with E-state index < -0.39 is 17.6 Å². The quantitative estimate of drug-likeness (QED) is 0.485. The normalized spacial score (nSPS) is 11.7. The molecule has 0 atom stereocenters. The molecule has 1 aromatic carbocycles. The zero-order valence-corrected chi connectivity index (χ0v) is 15.8. The van der Waals surface area contributed by atoms with E-state index >= 15 is 0 Å². The summed E-state index contributed by atoms with van der Waals surface area (Å²) >= 11 is 1.28. The van der Waals surface area contributed by atoms with Crippen LogP contribution in [0.3, 0.4) is 0 Å².